The third-order valence-electron chi connectivity index (χ3n) is 3.39. The number of hydrogen-bond acceptors (Lipinski definition) is 1. The Bertz CT molecular complexity index is 397. The molecule has 1 heterocycles. The van der Waals surface area contributed by atoms with Gasteiger partial charge in [-0.1, -0.05) is 19.9 Å². The van der Waals surface area contributed by atoms with E-state index in [9.17, 15) is 9.18 Å². The van der Waals surface area contributed by atoms with Crippen molar-refractivity contribution >= 4 is 28.5 Å². The lowest BCUT2D eigenvalue weighted by molar-refractivity contribution is -0.133. The molecule has 15 heavy (non-hydrogen) atoms. The minimum Gasteiger partial charge on any atom is -0.315 e. The van der Waals surface area contributed by atoms with Crippen LogP contribution < -0.4 is 0 Å². The van der Waals surface area contributed by atoms with Crippen molar-refractivity contribution in [1.82, 2.24) is 4.90 Å². The zero-order valence-electron chi connectivity index (χ0n) is 8.97. The molecule has 0 aromatic carbocycles. The summed E-state index contributed by atoms with van der Waals surface area (Å²) < 4.78 is 14.5. The van der Waals surface area contributed by atoms with E-state index in [1.54, 1.807) is 7.05 Å². The fourth-order valence-corrected chi connectivity index (χ4v) is 2.94. The minimum atomic E-state index is -0.477. The summed E-state index contributed by atoms with van der Waals surface area (Å²) in [5.74, 6) is -0.223. The molecular formula is C11H13FINO. The van der Waals surface area contributed by atoms with Crippen LogP contribution >= 0.6 is 22.6 Å². The Morgan fingerprint density at radius 1 is 1.60 bits per heavy atom. The molecule has 0 saturated carbocycles. The van der Waals surface area contributed by atoms with Crippen LogP contribution in [0.2, 0.25) is 0 Å². The molecule has 82 valence electrons. The first-order valence-corrected chi connectivity index (χ1v) is 5.99. The van der Waals surface area contributed by atoms with E-state index in [1.807, 2.05) is 42.5 Å². The van der Waals surface area contributed by atoms with E-state index in [0.29, 0.717) is 9.28 Å². The predicted molar refractivity (Wildman–Crippen MR) is 64.9 cm³/mol. The molecule has 1 aliphatic carbocycles. The Morgan fingerprint density at radius 2 is 2.20 bits per heavy atom. The first-order chi connectivity index (χ1) is 6.87. The summed E-state index contributed by atoms with van der Waals surface area (Å²) in [6, 6.07) is 0. The molecule has 1 amide bonds. The van der Waals surface area contributed by atoms with Gasteiger partial charge < -0.3 is 4.90 Å². The van der Waals surface area contributed by atoms with E-state index in [1.165, 1.54) is 4.90 Å². The summed E-state index contributed by atoms with van der Waals surface area (Å²) in [7, 11) is 1.66. The van der Waals surface area contributed by atoms with Gasteiger partial charge in [0.25, 0.3) is 0 Å². The van der Waals surface area contributed by atoms with Gasteiger partial charge in [-0.05, 0) is 29.0 Å². The number of carbonyl (C=O) groups is 1. The molecule has 0 N–H and O–H groups in total. The van der Waals surface area contributed by atoms with Gasteiger partial charge in [0.1, 0.15) is 0 Å². The molecule has 0 spiro atoms. The average Bonchev–Trinajstić information content (AvgIpc) is 2.34. The summed E-state index contributed by atoms with van der Waals surface area (Å²) in [6.07, 6.45) is 2.63. The van der Waals surface area contributed by atoms with Crippen molar-refractivity contribution in [2.75, 3.05) is 7.05 Å². The number of rotatable bonds is 0. The highest BCUT2D eigenvalue weighted by Crippen LogP contribution is 2.50. The Balaban J connectivity index is 2.56. The Hall–Kier alpha value is -0.390. The highest BCUT2D eigenvalue weighted by Gasteiger charge is 2.51. The smallest absolute Gasteiger partial charge is 0.232 e. The van der Waals surface area contributed by atoms with Crippen molar-refractivity contribution < 1.29 is 9.18 Å². The van der Waals surface area contributed by atoms with Crippen LogP contribution in [-0.4, -0.2) is 17.9 Å². The number of amides is 1. The van der Waals surface area contributed by atoms with Crippen molar-refractivity contribution in [2.45, 2.75) is 20.3 Å². The molecule has 0 radical (unpaired) electrons. The van der Waals surface area contributed by atoms with Crippen LogP contribution in [0.5, 0.6) is 0 Å². The molecule has 0 aromatic rings. The summed E-state index contributed by atoms with van der Waals surface area (Å²) >= 11 is 1.98. The van der Waals surface area contributed by atoms with E-state index in [-0.39, 0.29) is 17.7 Å². The molecule has 0 aromatic heterocycles. The summed E-state index contributed by atoms with van der Waals surface area (Å²) in [5.41, 5.74) is 0.0897. The zero-order valence-corrected chi connectivity index (χ0v) is 11.1. The number of halogens is 2. The molecular weight excluding hydrogens is 308 g/mol. The molecule has 2 rings (SSSR count). The second kappa shape index (κ2) is 3.30. The van der Waals surface area contributed by atoms with E-state index in [0.717, 1.165) is 6.42 Å². The van der Waals surface area contributed by atoms with Crippen LogP contribution in [0.3, 0.4) is 0 Å². The maximum atomic E-state index is 13.9. The molecule has 0 bridgehead atoms. The fraction of sp³-hybridized carbons (Fsp3) is 0.545. The molecule has 2 aliphatic rings. The van der Waals surface area contributed by atoms with E-state index >= 15 is 0 Å². The number of nitrogens with zero attached hydrogens (tertiary/aromatic N) is 1. The fourth-order valence-electron chi connectivity index (χ4n) is 2.41. The third kappa shape index (κ3) is 1.37. The number of likely N-dealkylation sites (tertiary alicyclic amines) is 1. The third-order valence-corrected chi connectivity index (χ3v) is 4.30. The lowest BCUT2D eigenvalue weighted by atomic mass is 9.77. The molecule has 1 fully saturated rings. The van der Waals surface area contributed by atoms with Gasteiger partial charge in [-0.25, -0.2) is 4.39 Å². The topological polar surface area (TPSA) is 20.3 Å². The maximum Gasteiger partial charge on any atom is 0.232 e. The average molecular weight is 321 g/mol. The molecule has 1 atom stereocenters. The second-order valence-corrected chi connectivity index (χ2v) is 5.79. The Morgan fingerprint density at radius 3 is 2.80 bits per heavy atom. The molecule has 1 saturated heterocycles. The Kier molecular flexibility index (Phi) is 2.44. The predicted octanol–water partition coefficient (Wildman–Crippen LogP) is 3.00. The SMILES string of the molecule is CN1C(=O)C(C)(C)C2CC=C(I)C(F)=C21. The van der Waals surface area contributed by atoms with Crippen LogP contribution in [-0.2, 0) is 4.79 Å². The van der Waals surface area contributed by atoms with E-state index < -0.39 is 5.41 Å². The minimum absolute atomic E-state index is 0.00600. The lowest BCUT2D eigenvalue weighted by Crippen LogP contribution is -2.29. The van der Waals surface area contributed by atoms with Gasteiger partial charge in [-0.15, -0.1) is 0 Å². The summed E-state index contributed by atoms with van der Waals surface area (Å²) in [6.45, 7) is 3.78. The second-order valence-electron chi connectivity index (χ2n) is 4.63. The number of fused-ring (bicyclic) bond motifs is 1. The summed E-state index contributed by atoms with van der Waals surface area (Å²) in [5, 5.41) is 0. The molecule has 2 nitrogen and oxygen atoms in total. The van der Waals surface area contributed by atoms with Crippen molar-refractivity contribution in [3.05, 3.63) is 21.2 Å². The zero-order chi connectivity index (χ0) is 11.4. The normalized spacial score (nSPS) is 29.4. The van der Waals surface area contributed by atoms with Crippen molar-refractivity contribution in [3.8, 4) is 0 Å². The van der Waals surface area contributed by atoms with Crippen molar-refractivity contribution in [3.63, 3.8) is 0 Å². The van der Waals surface area contributed by atoms with E-state index in [2.05, 4.69) is 0 Å². The lowest BCUT2D eigenvalue weighted by Gasteiger charge is -2.25. The van der Waals surface area contributed by atoms with Crippen LogP contribution in [0.1, 0.15) is 20.3 Å². The van der Waals surface area contributed by atoms with Gasteiger partial charge in [-0.3, -0.25) is 4.79 Å². The quantitative estimate of drug-likeness (QED) is 0.628. The Labute approximate surface area is 102 Å². The molecule has 1 aliphatic heterocycles. The van der Waals surface area contributed by atoms with Crippen LogP contribution in [0.15, 0.2) is 21.2 Å². The van der Waals surface area contributed by atoms with Crippen molar-refractivity contribution in [2.24, 2.45) is 11.3 Å². The monoisotopic (exact) mass is 321 g/mol. The molecule has 1 unspecified atom stereocenters. The first kappa shape index (κ1) is 11.1. The van der Waals surface area contributed by atoms with Gasteiger partial charge in [0.15, 0.2) is 5.83 Å². The van der Waals surface area contributed by atoms with Crippen LogP contribution in [0.25, 0.3) is 0 Å². The summed E-state index contributed by atoms with van der Waals surface area (Å²) in [4.78, 5) is 13.4. The molecule has 4 heteroatoms. The van der Waals surface area contributed by atoms with Gasteiger partial charge >= 0.3 is 0 Å². The van der Waals surface area contributed by atoms with Gasteiger partial charge in [0, 0.05) is 16.5 Å². The standard InChI is InChI=1S/C11H13FINO/c1-11(2)6-4-5-7(13)8(12)9(6)14(3)10(11)15/h5-6H,4H2,1-3H3. The van der Waals surface area contributed by atoms with Crippen LogP contribution in [0, 0.1) is 11.3 Å². The highest BCUT2D eigenvalue weighted by molar-refractivity contribution is 14.1. The van der Waals surface area contributed by atoms with Crippen molar-refractivity contribution in [1.29, 1.82) is 0 Å². The van der Waals surface area contributed by atoms with Crippen LogP contribution in [0.4, 0.5) is 4.39 Å². The number of hydrogen-bond donors (Lipinski definition) is 0. The van der Waals surface area contributed by atoms with Gasteiger partial charge in [-0.2, -0.15) is 0 Å². The number of allylic oxidation sites excluding steroid dienone is 4. The van der Waals surface area contributed by atoms with Gasteiger partial charge in [0.2, 0.25) is 5.91 Å². The van der Waals surface area contributed by atoms with Gasteiger partial charge in [0.05, 0.1) is 11.1 Å². The largest absolute Gasteiger partial charge is 0.315 e. The number of carbonyl (C=O) groups excluding carboxylic acids is 1. The maximum absolute atomic E-state index is 13.9. The first-order valence-electron chi connectivity index (χ1n) is 4.91. The highest BCUT2D eigenvalue weighted by atomic mass is 127. The van der Waals surface area contributed by atoms with E-state index in [4.69, 9.17) is 0 Å².